The zero-order valence-electron chi connectivity index (χ0n) is 15.3. The van der Waals surface area contributed by atoms with Crippen molar-refractivity contribution in [1.29, 1.82) is 0 Å². The summed E-state index contributed by atoms with van der Waals surface area (Å²) in [6.07, 6.45) is 2.06. The lowest BCUT2D eigenvalue weighted by Crippen LogP contribution is -2.35. The molecule has 1 N–H and O–H groups in total. The van der Waals surface area contributed by atoms with E-state index in [0.29, 0.717) is 11.6 Å². The number of nitrogens with zero attached hydrogens (tertiary/aromatic N) is 2. The number of hydrogen-bond donors (Lipinski definition) is 1. The second-order valence-electron chi connectivity index (χ2n) is 6.83. The van der Waals surface area contributed by atoms with Gasteiger partial charge in [-0.3, -0.25) is 19.7 Å². The molecule has 1 fully saturated rings. The van der Waals surface area contributed by atoms with Crippen molar-refractivity contribution in [2.45, 2.75) is 26.4 Å². The van der Waals surface area contributed by atoms with Crippen LogP contribution in [0, 0.1) is 16.0 Å². The Morgan fingerprint density at radius 2 is 1.93 bits per heavy atom. The van der Waals surface area contributed by atoms with Crippen LogP contribution < -0.4 is 10.4 Å². The smallest absolute Gasteiger partial charge is 0.277 e. The zero-order valence-corrected chi connectivity index (χ0v) is 15.3. The van der Waals surface area contributed by atoms with Gasteiger partial charge in [0.2, 0.25) is 0 Å². The molecule has 3 rings (SSSR count). The summed E-state index contributed by atoms with van der Waals surface area (Å²) in [6, 6.07) is 13.9. The second-order valence-corrected chi connectivity index (χ2v) is 6.83. The van der Waals surface area contributed by atoms with E-state index >= 15 is 0 Å². The number of amides is 1. The molecule has 2 aromatic rings. The summed E-state index contributed by atoms with van der Waals surface area (Å²) < 4.78 is 0. The van der Waals surface area contributed by atoms with Crippen LogP contribution in [0.25, 0.3) is 0 Å². The van der Waals surface area contributed by atoms with Crippen LogP contribution in [0.4, 0.5) is 11.4 Å². The first-order valence-electron chi connectivity index (χ1n) is 9.04. The van der Waals surface area contributed by atoms with Crippen molar-refractivity contribution in [2.24, 2.45) is 5.92 Å². The monoisotopic (exact) mass is 369 g/mol. The molecule has 1 saturated heterocycles. The Hall–Kier alpha value is -2.93. The fraction of sp³-hybridized carbons (Fsp3) is 0.350. The van der Waals surface area contributed by atoms with Gasteiger partial charge in [0.1, 0.15) is 0 Å². The fourth-order valence-electron chi connectivity index (χ4n) is 3.16. The lowest BCUT2D eigenvalue weighted by molar-refractivity contribution is -0.384. The third-order valence-corrected chi connectivity index (χ3v) is 4.81. The van der Waals surface area contributed by atoms with Gasteiger partial charge in [-0.1, -0.05) is 37.3 Å². The van der Waals surface area contributed by atoms with Crippen molar-refractivity contribution in [3.05, 3.63) is 69.8 Å². The molecular weight excluding hydrogens is 346 g/mol. The van der Waals surface area contributed by atoms with E-state index in [1.807, 2.05) is 30.3 Å². The third kappa shape index (κ3) is 4.83. The van der Waals surface area contributed by atoms with E-state index in [1.165, 1.54) is 12.1 Å². The van der Waals surface area contributed by atoms with Gasteiger partial charge in [-0.25, -0.2) is 5.48 Å². The first kappa shape index (κ1) is 18.8. The number of carbonyl (C=O) groups excluding carboxylic acids is 1. The number of nitro benzene ring substituents is 1. The van der Waals surface area contributed by atoms with Gasteiger partial charge in [0.25, 0.3) is 11.6 Å². The van der Waals surface area contributed by atoms with E-state index in [0.717, 1.165) is 31.5 Å². The Morgan fingerprint density at radius 1 is 1.22 bits per heavy atom. The minimum absolute atomic E-state index is 0.114. The largest absolute Gasteiger partial charge is 0.371 e. The van der Waals surface area contributed by atoms with Crippen molar-refractivity contribution in [1.82, 2.24) is 5.48 Å². The molecule has 1 heterocycles. The van der Waals surface area contributed by atoms with Crippen LogP contribution >= 0.6 is 0 Å². The topological polar surface area (TPSA) is 84.7 Å². The summed E-state index contributed by atoms with van der Waals surface area (Å²) in [5, 5.41) is 11.1. The highest BCUT2D eigenvalue weighted by molar-refractivity contribution is 6.00. The Kier molecular flexibility index (Phi) is 6.03. The molecule has 0 atom stereocenters. The van der Waals surface area contributed by atoms with Gasteiger partial charge in [-0.15, -0.1) is 0 Å². The second kappa shape index (κ2) is 8.64. The van der Waals surface area contributed by atoms with Crippen LogP contribution in [-0.4, -0.2) is 23.9 Å². The quantitative estimate of drug-likeness (QED) is 0.620. The van der Waals surface area contributed by atoms with Crippen molar-refractivity contribution in [3.63, 3.8) is 0 Å². The minimum Gasteiger partial charge on any atom is -0.371 e. The lowest BCUT2D eigenvalue weighted by Gasteiger charge is -2.33. The molecule has 0 unspecified atom stereocenters. The molecule has 0 saturated carbocycles. The number of non-ortho nitro benzene ring substituents is 1. The van der Waals surface area contributed by atoms with Gasteiger partial charge in [-0.2, -0.15) is 0 Å². The predicted octanol–water partition coefficient (Wildman–Crippen LogP) is 3.69. The van der Waals surface area contributed by atoms with E-state index in [9.17, 15) is 14.9 Å². The normalized spacial score (nSPS) is 14.8. The number of nitrogens with one attached hydrogen (secondary N) is 1. The standard InChI is InChI=1S/C20H23N3O4/c1-15-9-11-22(12-10-15)19-8-7-17(23(25)26)13-18(19)20(24)21-27-14-16-5-3-2-4-6-16/h2-8,13,15H,9-12,14H2,1H3,(H,21,24). The average molecular weight is 369 g/mol. The van der Waals surface area contributed by atoms with Crippen molar-refractivity contribution in [3.8, 4) is 0 Å². The highest BCUT2D eigenvalue weighted by Crippen LogP contribution is 2.29. The van der Waals surface area contributed by atoms with Crippen LogP contribution in [0.1, 0.15) is 35.7 Å². The van der Waals surface area contributed by atoms with Crippen molar-refractivity contribution in [2.75, 3.05) is 18.0 Å². The van der Waals surface area contributed by atoms with Crippen LogP contribution in [0.5, 0.6) is 0 Å². The Balaban J connectivity index is 1.75. The molecule has 0 spiro atoms. The van der Waals surface area contributed by atoms with E-state index in [1.54, 1.807) is 6.07 Å². The van der Waals surface area contributed by atoms with Gasteiger partial charge in [0.15, 0.2) is 0 Å². The minimum atomic E-state index is -0.496. The van der Waals surface area contributed by atoms with E-state index < -0.39 is 10.8 Å². The van der Waals surface area contributed by atoms with Gasteiger partial charge in [0.05, 0.1) is 22.8 Å². The number of benzene rings is 2. The number of anilines is 1. The first-order valence-corrected chi connectivity index (χ1v) is 9.04. The Morgan fingerprint density at radius 3 is 2.59 bits per heavy atom. The van der Waals surface area contributed by atoms with Crippen molar-refractivity contribution >= 4 is 17.3 Å². The number of hydroxylamine groups is 1. The maximum Gasteiger partial charge on any atom is 0.277 e. The van der Waals surface area contributed by atoms with E-state index in [-0.39, 0.29) is 17.9 Å². The highest BCUT2D eigenvalue weighted by atomic mass is 16.7. The maximum absolute atomic E-state index is 12.7. The molecule has 2 aromatic carbocycles. The molecule has 1 aliphatic rings. The molecule has 0 radical (unpaired) electrons. The molecule has 0 aliphatic carbocycles. The van der Waals surface area contributed by atoms with Gasteiger partial charge < -0.3 is 4.90 Å². The van der Waals surface area contributed by atoms with Crippen LogP contribution in [-0.2, 0) is 11.4 Å². The molecule has 7 heteroatoms. The number of carbonyl (C=O) groups is 1. The SMILES string of the molecule is CC1CCN(c2ccc([N+](=O)[O-])cc2C(=O)NOCc2ccccc2)CC1. The number of rotatable bonds is 6. The first-order chi connectivity index (χ1) is 13.0. The summed E-state index contributed by atoms with van der Waals surface area (Å²) in [6.45, 7) is 4.07. The zero-order chi connectivity index (χ0) is 19.2. The molecule has 142 valence electrons. The summed E-state index contributed by atoms with van der Waals surface area (Å²) in [4.78, 5) is 30.7. The van der Waals surface area contributed by atoms with Crippen molar-refractivity contribution < 1.29 is 14.6 Å². The number of piperidine rings is 1. The fourth-order valence-corrected chi connectivity index (χ4v) is 3.16. The van der Waals surface area contributed by atoms with Crippen LogP contribution in [0.3, 0.4) is 0 Å². The Bertz CT molecular complexity index is 802. The van der Waals surface area contributed by atoms with Gasteiger partial charge in [0, 0.05) is 25.2 Å². The summed E-state index contributed by atoms with van der Waals surface area (Å²) in [5.74, 6) is 0.161. The summed E-state index contributed by atoms with van der Waals surface area (Å²) >= 11 is 0. The molecular formula is C20H23N3O4. The summed E-state index contributed by atoms with van der Waals surface area (Å²) in [7, 11) is 0. The molecule has 0 aromatic heterocycles. The lowest BCUT2D eigenvalue weighted by atomic mass is 9.98. The maximum atomic E-state index is 12.7. The molecule has 7 nitrogen and oxygen atoms in total. The molecule has 27 heavy (non-hydrogen) atoms. The number of hydrogen-bond acceptors (Lipinski definition) is 5. The van der Waals surface area contributed by atoms with Crippen LogP contribution in [0.15, 0.2) is 48.5 Å². The Labute approximate surface area is 158 Å². The third-order valence-electron chi connectivity index (χ3n) is 4.81. The molecule has 1 amide bonds. The molecule has 1 aliphatic heterocycles. The molecule has 0 bridgehead atoms. The predicted molar refractivity (Wildman–Crippen MR) is 102 cm³/mol. The number of nitro groups is 1. The van der Waals surface area contributed by atoms with Gasteiger partial charge in [-0.05, 0) is 30.4 Å². The van der Waals surface area contributed by atoms with E-state index in [4.69, 9.17) is 4.84 Å². The van der Waals surface area contributed by atoms with Crippen LogP contribution in [0.2, 0.25) is 0 Å². The average Bonchev–Trinajstić information content (AvgIpc) is 2.69. The van der Waals surface area contributed by atoms with E-state index in [2.05, 4.69) is 17.3 Å². The summed E-state index contributed by atoms with van der Waals surface area (Å²) in [5.41, 5.74) is 4.18. The highest BCUT2D eigenvalue weighted by Gasteiger charge is 2.23. The van der Waals surface area contributed by atoms with Gasteiger partial charge >= 0.3 is 0 Å².